The normalized spacial score (nSPS) is 21.5. The monoisotopic (exact) mass is 350 g/mol. The van der Waals surface area contributed by atoms with Crippen LogP contribution in [0.5, 0.6) is 0 Å². The summed E-state index contributed by atoms with van der Waals surface area (Å²) in [6, 6.07) is 1.90. The molecule has 1 spiro atoms. The molecule has 0 aromatic carbocycles. The molecule has 5 N–H and O–H groups in total. The molecule has 0 unspecified atom stereocenters. The summed E-state index contributed by atoms with van der Waals surface area (Å²) in [5.74, 6) is 5.07. The van der Waals surface area contributed by atoms with Gasteiger partial charge in [-0.2, -0.15) is 0 Å². The number of fused-ring (bicyclic) bond motifs is 2. The summed E-state index contributed by atoms with van der Waals surface area (Å²) in [4.78, 5) is 1.13. The summed E-state index contributed by atoms with van der Waals surface area (Å²) >= 11 is 7.67. The lowest BCUT2D eigenvalue weighted by molar-refractivity contribution is -0.0832. The van der Waals surface area contributed by atoms with E-state index in [0.717, 1.165) is 40.7 Å². The maximum absolute atomic E-state index is 6.12. The quantitative estimate of drug-likeness (QED) is 0.395. The number of hydrogen-bond donors (Lipinski definition) is 3. The average molecular weight is 350 g/mol. The van der Waals surface area contributed by atoms with E-state index < -0.39 is 5.21 Å². The molecule has 1 aromatic rings. The second kappa shape index (κ2) is 7.49. The van der Waals surface area contributed by atoms with Crippen LogP contribution in [0.1, 0.15) is 23.3 Å². The van der Waals surface area contributed by atoms with Gasteiger partial charge in [0.1, 0.15) is 5.60 Å². The number of nitrogens with two attached hydrogens (primary N) is 2. The van der Waals surface area contributed by atoms with Crippen LogP contribution in [0.4, 0.5) is 0 Å². The minimum Gasteiger partial charge on any atom is -0.403 e. The van der Waals surface area contributed by atoms with Crippen molar-refractivity contribution in [1.82, 2.24) is 10.3 Å². The number of hydrogen-bond acceptors (Lipinski definition) is 6. The van der Waals surface area contributed by atoms with Crippen molar-refractivity contribution in [3.05, 3.63) is 33.2 Å². The van der Waals surface area contributed by atoms with Crippen molar-refractivity contribution < 1.29 is 4.74 Å². The number of hydrazine groups is 1. The molecule has 0 saturated carbocycles. The summed E-state index contributed by atoms with van der Waals surface area (Å²) in [6.45, 7) is 2.27. The van der Waals surface area contributed by atoms with Crippen LogP contribution in [-0.4, -0.2) is 47.4 Å². The number of thiophene rings is 1. The van der Waals surface area contributed by atoms with Crippen LogP contribution in [0.25, 0.3) is 0 Å². The molecule has 9 heteroatoms. The first kappa shape index (κ1) is 18.7. The summed E-state index contributed by atoms with van der Waals surface area (Å²) in [5, 5.41) is 3.81. The molecule has 2 aliphatic heterocycles. The van der Waals surface area contributed by atoms with Crippen molar-refractivity contribution in [2.45, 2.75) is 23.7 Å². The van der Waals surface area contributed by atoms with Gasteiger partial charge in [0, 0.05) is 30.9 Å². The van der Waals surface area contributed by atoms with Crippen LogP contribution in [0.3, 0.4) is 0 Å². The fourth-order valence-corrected chi connectivity index (χ4v) is 4.30. The van der Waals surface area contributed by atoms with Crippen molar-refractivity contribution >= 4 is 38.6 Å². The standard InChI is InChI=1S/C11H12B2ClNOS.C3H9N3/c12-11(13)6-16-10(1-3-15-4-2-10)9-7(11)5-8(14)17-9;1-6(5)3-2-4/h5,15H,1-4,6H2;2-3H,4-5H2,1H3/b;3-2-. The predicted octanol–water partition coefficient (Wildman–Crippen LogP) is 0.722. The molecule has 23 heavy (non-hydrogen) atoms. The van der Waals surface area contributed by atoms with E-state index in [0.29, 0.717) is 6.61 Å². The molecule has 3 rings (SSSR count). The maximum Gasteiger partial charge on any atom is 0.105 e. The Labute approximate surface area is 149 Å². The summed E-state index contributed by atoms with van der Waals surface area (Å²) in [5.41, 5.74) is 5.66. The lowest BCUT2D eigenvalue weighted by Gasteiger charge is -2.46. The lowest BCUT2D eigenvalue weighted by Crippen LogP contribution is -2.50. The van der Waals surface area contributed by atoms with Gasteiger partial charge in [-0.25, -0.2) is 5.84 Å². The van der Waals surface area contributed by atoms with Crippen molar-refractivity contribution in [2.75, 3.05) is 26.7 Å². The third-order valence-electron chi connectivity index (χ3n) is 3.94. The number of halogens is 1. The first-order valence-corrected chi connectivity index (χ1v) is 8.59. The summed E-state index contributed by atoms with van der Waals surface area (Å²) in [6.07, 6.45) is 4.83. The Balaban J connectivity index is 0.000000277. The average Bonchev–Trinajstić information content (AvgIpc) is 2.90. The molecule has 0 atom stereocenters. The van der Waals surface area contributed by atoms with E-state index >= 15 is 0 Å². The first-order valence-electron chi connectivity index (χ1n) is 7.39. The van der Waals surface area contributed by atoms with Gasteiger partial charge in [-0.15, -0.1) is 11.3 Å². The SMILES string of the molecule is CN(N)/C=C\N.[B]C1([B])COC2(CCNCC2)c2sc(Cl)cc21. The van der Waals surface area contributed by atoms with E-state index in [2.05, 4.69) is 5.32 Å². The first-order chi connectivity index (χ1) is 10.8. The topological polar surface area (TPSA) is 76.5 Å². The van der Waals surface area contributed by atoms with Gasteiger partial charge in [-0.1, -0.05) is 16.8 Å². The van der Waals surface area contributed by atoms with E-state index in [-0.39, 0.29) is 5.60 Å². The molecule has 1 aromatic heterocycles. The molecular formula is C14H21B2ClN4OS. The highest BCUT2D eigenvalue weighted by atomic mass is 35.5. The Hall–Kier alpha value is -0.660. The molecule has 122 valence electrons. The third kappa shape index (κ3) is 4.25. The van der Waals surface area contributed by atoms with Crippen LogP contribution < -0.4 is 16.9 Å². The Bertz CT molecular complexity index is 559. The fourth-order valence-electron chi connectivity index (χ4n) is 2.78. The van der Waals surface area contributed by atoms with E-state index in [4.69, 9.17) is 43.6 Å². The van der Waals surface area contributed by atoms with Gasteiger partial charge in [0.05, 0.1) is 20.0 Å². The zero-order valence-corrected chi connectivity index (χ0v) is 14.8. The van der Waals surface area contributed by atoms with Crippen molar-refractivity contribution in [3.8, 4) is 0 Å². The van der Waals surface area contributed by atoms with E-state index in [1.807, 2.05) is 6.07 Å². The van der Waals surface area contributed by atoms with Crippen molar-refractivity contribution in [3.63, 3.8) is 0 Å². The zero-order valence-electron chi connectivity index (χ0n) is 13.2. The molecule has 2 aliphatic rings. The summed E-state index contributed by atoms with van der Waals surface area (Å²) < 4.78 is 6.76. The number of nitrogens with zero attached hydrogens (tertiary/aromatic N) is 1. The van der Waals surface area contributed by atoms with E-state index in [1.54, 1.807) is 24.6 Å². The molecule has 0 bridgehead atoms. The van der Waals surface area contributed by atoms with Crippen LogP contribution in [0.15, 0.2) is 18.5 Å². The van der Waals surface area contributed by atoms with Crippen molar-refractivity contribution in [1.29, 1.82) is 0 Å². The second-order valence-electron chi connectivity index (χ2n) is 5.87. The second-order valence-corrected chi connectivity index (χ2v) is 7.56. The van der Waals surface area contributed by atoms with Gasteiger partial charge in [0.15, 0.2) is 0 Å². The van der Waals surface area contributed by atoms with E-state index in [9.17, 15) is 0 Å². The molecule has 0 aliphatic carbocycles. The largest absolute Gasteiger partial charge is 0.403 e. The molecule has 4 radical (unpaired) electrons. The highest BCUT2D eigenvalue weighted by Gasteiger charge is 2.45. The molecule has 1 saturated heterocycles. The number of piperidine rings is 1. The van der Waals surface area contributed by atoms with E-state index in [1.165, 1.54) is 11.2 Å². The number of nitrogens with one attached hydrogen (secondary N) is 1. The minimum absolute atomic E-state index is 0.222. The molecule has 1 fully saturated rings. The maximum atomic E-state index is 6.12. The molecule has 5 nitrogen and oxygen atoms in total. The molecule has 0 amide bonds. The van der Waals surface area contributed by atoms with Gasteiger partial charge < -0.3 is 20.8 Å². The van der Waals surface area contributed by atoms with Gasteiger partial charge in [0.2, 0.25) is 0 Å². The zero-order chi connectivity index (χ0) is 17.1. The highest BCUT2D eigenvalue weighted by molar-refractivity contribution is 7.16. The Morgan fingerprint density at radius 1 is 1.43 bits per heavy atom. The Kier molecular flexibility index (Phi) is 6.08. The minimum atomic E-state index is -0.908. The van der Waals surface area contributed by atoms with Gasteiger partial charge in [-0.05, 0) is 37.6 Å². The summed E-state index contributed by atoms with van der Waals surface area (Å²) in [7, 11) is 13.9. The highest BCUT2D eigenvalue weighted by Crippen LogP contribution is 2.49. The molecular weight excluding hydrogens is 329 g/mol. The Morgan fingerprint density at radius 2 is 2.09 bits per heavy atom. The van der Waals surface area contributed by atoms with Crippen LogP contribution in [0, 0.1) is 0 Å². The molecule has 3 heterocycles. The van der Waals surface area contributed by atoms with Gasteiger partial charge in [-0.3, -0.25) is 0 Å². The Morgan fingerprint density at radius 3 is 2.61 bits per heavy atom. The predicted molar refractivity (Wildman–Crippen MR) is 97.5 cm³/mol. The number of rotatable bonds is 1. The van der Waals surface area contributed by atoms with Crippen LogP contribution in [0.2, 0.25) is 4.34 Å². The third-order valence-corrected chi connectivity index (χ3v) is 5.39. The lowest BCUT2D eigenvalue weighted by atomic mass is 9.50. The van der Waals surface area contributed by atoms with Crippen molar-refractivity contribution in [2.24, 2.45) is 11.6 Å². The van der Waals surface area contributed by atoms with Gasteiger partial charge >= 0.3 is 0 Å². The van der Waals surface area contributed by atoms with Gasteiger partial charge in [0.25, 0.3) is 0 Å². The number of ether oxygens (including phenoxy) is 1. The fraction of sp³-hybridized carbons (Fsp3) is 0.571. The van der Waals surface area contributed by atoms with Crippen LogP contribution >= 0.6 is 22.9 Å². The smallest absolute Gasteiger partial charge is 0.105 e. The van der Waals surface area contributed by atoms with Crippen LogP contribution in [-0.2, 0) is 15.6 Å².